The van der Waals surface area contributed by atoms with Gasteiger partial charge in [-0.05, 0) is 42.4 Å². The molecule has 17 heavy (non-hydrogen) atoms. The van der Waals surface area contributed by atoms with Crippen molar-refractivity contribution in [3.05, 3.63) is 34.9 Å². The summed E-state index contributed by atoms with van der Waals surface area (Å²) in [6, 6.07) is 7.83. The first-order valence-electron chi connectivity index (χ1n) is 6.36. The molecule has 1 aromatic rings. The van der Waals surface area contributed by atoms with Crippen LogP contribution in [0.25, 0.3) is 0 Å². The Morgan fingerprint density at radius 1 is 1.18 bits per heavy atom. The van der Waals surface area contributed by atoms with Crippen LogP contribution in [0.3, 0.4) is 0 Å². The van der Waals surface area contributed by atoms with Crippen LogP contribution in [0.4, 0.5) is 0 Å². The highest BCUT2D eigenvalue weighted by Crippen LogP contribution is 2.42. The fourth-order valence-electron chi connectivity index (χ4n) is 3.10. The summed E-state index contributed by atoms with van der Waals surface area (Å²) in [6.07, 6.45) is 4.89. The molecule has 0 aliphatic heterocycles. The molecule has 0 amide bonds. The van der Waals surface area contributed by atoms with Crippen LogP contribution in [0.5, 0.6) is 0 Å². The normalized spacial score (nSPS) is 28.0. The van der Waals surface area contributed by atoms with Gasteiger partial charge in [-0.3, -0.25) is 0 Å². The van der Waals surface area contributed by atoms with Crippen molar-refractivity contribution < 1.29 is 5.11 Å². The number of aliphatic hydroxyl groups is 1. The highest BCUT2D eigenvalue weighted by Gasteiger charge is 2.38. The van der Waals surface area contributed by atoms with Crippen molar-refractivity contribution in [3.8, 4) is 0 Å². The van der Waals surface area contributed by atoms with Gasteiger partial charge in [0.1, 0.15) is 0 Å². The summed E-state index contributed by atoms with van der Waals surface area (Å²) < 4.78 is 0. The van der Waals surface area contributed by atoms with E-state index in [2.05, 4.69) is 13.8 Å². The van der Waals surface area contributed by atoms with Gasteiger partial charge in [0.15, 0.2) is 0 Å². The molecule has 1 aromatic carbocycles. The molecule has 1 aliphatic carbocycles. The second kappa shape index (κ2) is 4.62. The maximum absolute atomic E-state index is 10.7. The van der Waals surface area contributed by atoms with Crippen LogP contribution in [0, 0.1) is 5.41 Å². The van der Waals surface area contributed by atoms with E-state index < -0.39 is 5.60 Å². The molecular formula is C15H21ClO. The molecule has 1 atom stereocenters. The van der Waals surface area contributed by atoms with E-state index in [0.29, 0.717) is 0 Å². The van der Waals surface area contributed by atoms with Crippen molar-refractivity contribution in [1.29, 1.82) is 0 Å². The van der Waals surface area contributed by atoms with Crippen molar-refractivity contribution in [3.63, 3.8) is 0 Å². The smallest absolute Gasteiger partial charge is 0.0693 e. The van der Waals surface area contributed by atoms with Crippen molar-refractivity contribution in [2.45, 2.75) is 51.6 Å². The lowest BCUT2D eigenvalue weighted by molar-refractivity contribution is -0.0382. The van der Waals surface area contributed by atoms with Gasteiger partial charge in [-0.2, -0.15) is 0 Å². The Morgan fingerprint density at radius 3 is 2.41 bits per heavy atom. The Bertz CT molecular complexity index is 382. The van der Waals surface area contributed by atoms with Gasteiger partial charge in [-0.25, -0.2) is 0 Å². The summed E-state index contributed by atoms with van der Waals surface area (Å²) in [6.45, 7) is 4.50. The number of halogens is 1. The van der Waals surface area contributed by atoms with E-state index in [9.17, 15) is 5.11 Å². The summed E-state index contributed by atoms with van der Waals surface area (Å²) in [5.41, 5.74) is 0.907. The topological polar surface area (TPSA) is 20.2 Å². The number of hydrogen-bond acceptors (Lipinski definition) is 1. The standard InChI is InChI=1S/C15H21ClO/c1-14(2)8-3-9-15(17,11-14)10-12-4-6-13(16)7-5-12/h4-7,17H,3,8-11H2,1-2H3. The Balaban J connectivity index is 2.09. The van der Waals surface area contributed by atoms with E-state index in [-0.39, 0.29) is 5.41 Å². The lowest BCUT2D eigenvalue weighted by atomic mass is 9.68. The zero-order chi connectivity index (χ0) is 12.5. The van der Waals surface area contributed by atoms with Gasteiger partial charge in [0.25, 0.3) is 0 Å². The zero-order valence-corrected chi connectivity index (χ0v) is 11.4. The van der Waals surface area contributed by atoms with Gasteiger partial charge in [-0.15, -0.1) is 0 Å². The third kappa shape index (κ3) is 3.46. The quantitative estimate of drug-likeness (QED) is 0.836. The molecule has 1 fully saturated rings. The highest BCUT2D eigenvalue weighted by molar-refractivity contribution is 6.30. The summed E-state index contributed by atoms with van der Waals surface area (Å²) in [7, 11) is 0. The Morgan fingerprint density at radius 2 is 1.82 bits per heavy atom. The van der Waals surface area contributed by atoms with Crippen molar-refractivity contribution in [2.24, 2.45) is 5.41 Å². The minimum Gasteiger partial charge on any atom is -0.390 e. The van der Waals surface area contributed by atoms with Crippen LogP contribution in [0.1, 0.15) is 45.1 Å². The van der Waals surface area contributed by atoms with E-state index in [4.69, 9.17) is 11.6 Å². The highest BCUT2D eigenvalue weighted by atomic mass is 35.5. The lowest BCUT2D eigenvalue weighted by Gasteiger charge is -2.41. The van der Waals surface area contributed by atoms with Gasteiger partial charge < -0.3 is 5.11 Å². The van der Waals surface area contributed by atoms with Gasteiger partial charge in [0.05, 0.1) is 5.60 Å². The molecule has 1 unspecified atom stereocenters. The number of hydrogen-bond donors (Lipinski definition) is 1. The van der Waals surface area contributed by atoms with Crippen LogP contribution in [0.2, 0.25) is 5.02 Å². The van der Waals surface area contributed by atoms with E-state index in [1.807, 2.05) is 24.3 Å². The van der Waals surface area contributed by atoms with Gasteiger partial charge in [-0.1, -0.05) is 44.0 Å². The van der Waals surface area contributed by atoms with Crippen LogP contribution in [0.15, 0.2) is 24.3 Å². The largest absolute Gasteiger partial charge is 0.390 e. The van der Waals surface area contributed by atoms with Crippen LogP contribution < -0.4 is 0 Å². The predicted octanol–water partition coefficient (Wildman–Crippen LogP) is 4.21. The van der Waals surface area contributed by atoms with Crippen LogP contribution in [-0.2, 0) is 6.42 Å². The van der Waals surface area contributed by atoms with Crippen LogP contribution >= 0.6 is 11.6 Å². The van der Waals surface area contributed by atoms with Crippen LogP contribution in [-0.4, -0.2) is 10.7 Å². The van der Waals surface area contributed by atoms with Crippen molar-refractivity contribution in [2.75, 3.05) is 0 Å². The summed E-state index contributed by atoms with van der Waals surface area (Å²) in [5, 5.41) is 11.5. The maximum Gasteiger partial charge on any atom is 0.0693 e. The SMILES string of the molecule is CC1(C)CCCC(O)(Cc2ccc(Cl)cc2)C1. The minimum atomic E-state index is -0.532. The molecule has 0 spiro atoms. The number of rotatable bonds is 2. The van der Waals surface area contributed by atoms with Gasteiger partial charge >= 0.3 is 0 Å². The van der Waals surface area contributed by atoms with E-state index in [1.54, 1.807) is 0 Å². The molecule has 2 heteroatoms. The monoisotopic (exact) mass is 252 g/mol. The molecule has 1 N–H and O–H groups in total. The van der Waals surface area contributed by atoms with Crippen molar-refractivity contribution >= 4 is 11.6 Å². The van der Waals surface area contributed by atoms with E-state index in [0.717, 1.165) is 30.7 Å². The first kappa shape index (κ1) is 12.9. The summed E-state index contributed by atoms with van der Waals surface area (Å²) in [5.74, 6) is 0. The Kier molecular flexibility index (Phi) is 3.51. The Labute approximate surface area is 109 Å². The molecule has 94 valence electrons. The summed E-state index contributed by atoms with van der Waals surface area (Å²) >= 11 is 5.87. The van der Waals surface area contributed by atoms with Crippen molar-refractivity contribution in [1.82, 2.24) is 0 Å². The average molecular weight is 253 g/mol. The first-order chi connectivity index (χ1) is 7.89. The maximum atomic E-state index is 10.7. The molecule has 0 radical (unpaired) electrons. The molecule has 0 bridgehead atoms. The van der Waals surface area contributed by atoms with Gasteiger partial charge in [0, 0.05) is 11.4 Å². The first-order valence-corrected chi connectivity index (χ1v) is 6.73. The molecule has 2 rings (SSSR count). The third-order valence-electron chi connectivity index (χ3n) is 3.75. The molecule has 0 heterocycles. The molecular weight excluding hydrogens is 232 g/mol. The molecule has 1 saturated carbocycles. The second-order valence-electron chi connectivity index (χ2n) is 6.22. The molecule has 1 aliphatic rings. The second-order valence-corrected chi connectivity index (χ2v) is 6.66. The molecule has 1 nitrogen and oxygen atoms in total. The average Bonchev–Trinajstić information content (AvgIpc) is 2.19. The third-order valence-corrected chi connectivity index (χ3v) is 4.00. The summed E-state index contributed by atoms with van der Waals surface area (Å²) in [4.78, 5) is 0. The number of benzene rings is 1. The van der Waals surface area contributed by atoms with E-state index in [1.165, 1.54) is 12.0 Å². The van der Waals surface area contributed by atoms with E-state index >= 15 is 0 Å². The minimum absolute atomic E-state index is 0.263. The molecule has 0 saturated heterocycles. The fraction of sp³-hybridized carbons (Fsp3) is 0.600. The lowest BCUT2D eigenvalue weighted by Crippen LogP contribution is -2.40. The fourth-order valence-corrected chi connectivity index (χ4v) is 3.22. The zero-order valence-electron chi connectivity index (χ0n) is 10.7. The Hall–Kier alpha value is -0.530. The van der Waals surface area contributed by atoms with Gasteiger partial charge in [0.2, 0.25) is 0 Å². The predicted molar refractivity (Wildman–Crippen MR) is 72.4 cm³/mol. The molecule has 0 aromatic heterocycles.